The standard InChI is InChI=1S/C22H21BrN2O4/c1-2-13-28-18-10-6-5-9-17(18)22(27)25-24-20(26)14-29-19-12-11-15-7-3-4-8-16(15)21(19)23/h3-12H,2,13-14H2,1H3,(H,24,26)(H,25,27). The molecule has 3 rings (SSSR count). The smallest absolute Gasteiger partial charge is 0.276 e. The Labute approximate surface area is 177 Å². The van der Waals surface area contributed by atoms with Crippen molar-refractivity contribution in [3.05, 3.63) is 70.7 Å². The Balaban J connectivity index is 1.56. The van der Waals surface area contributed by atoms with Crippen LogP contribution in [0.3, 0.4) is 0 Å². The number of benzene rings is 3. The first kappa shape index (κ1) is 20.7. The predicted octanol–water partition coefficient (Wildman–Crippen LogP) is 4.23. The van der Waals surface area contributed by atoms with Crippen LogP contribution in [0.15, 0.2) is 65.1 Å². The Morgan fingerprint density at radius 1 is 0.897 bits per heavy atom. The van der Waals surface area contributed by atoms with Gasteiger partial charge in [0.25, 0.3) is 11.8 Å². The largest absolute Gasteiger partial charge is 0.493 e. The Hall–Kier alpha value is -3.06. The number of hydrogen-bond acceptors (Lipinski definition) is 4. The average Bonchev–Trinajstić information content (AvgIpc) is 2.76. The molecule has 0 aliphatic rings. The van der Waals surface area contributed by atoms with E-state index in [1.807, 2.05) is 37.3 Å². The molecular weight excluding hydrogens is 436 g/mol. The van der Waals surface area contributed by atoms with E-state index < -0.39 is 11.8 Å². The molecule has 0 bridgehead atoms. The summed E-state index contributed by atoms with van der Waals surface area (Å²) in [7, 11) is 0. The van der Waals surface area contributed by atoms with Crippen molar-refractivity contribution >= 4 is 38.5 Å². The van der Waals surface area contributed by atoms with Gasteiger partial charge in [-0.15, -0.1) is 0 Å². The minimum absolute atomic E-state index is 0.245. The monoisotopic (exact) mass is 456 g/mol. The lowest BCUT2D eigenvalue weighted by Gasteiger charge is -2.13. The SMILES string of the molecule is CCCOc1ccccc1C(=O)NNC(=O)COc1ccc2ccccc2c1Br. The van der Waals surface area contributed by atoms with Gasteiger partial charge in [0.1, 0.15) is 11.5 Å². The number of nitrogens with one attached hydrogen (secondary N) is 2. The van der Waals surface area contributed by atoms with Crippen LogP contribution in [0.4, 0.5) is 0 Å². The maximum absolute atomic E-state index is 12.4. The maximum atomic E-state index is 12.4. The second kappa shape index (κ2) is 9.93. The number of hydrogen-bond donors (Lipinski definition) is 2. The summed E-state index contributed by atoms with van der Waals surface area (Å²) in [6.45, 7) is 2.24. The number of rotatable bonds is 7. The van der Waals surface area contributed by atoms with Crippen molar-refractivity contribution in [3.8, 4) is 11.5 Å². The van der Waals surface area contributed by atoms with Crippen molar-refractivity contribution in [2.75, 3.05) is 13.2 Å². The zero-order chi connectivity index (χ0) is 20.6. The molecule has 150 valence electrons. The summed E-state index contributed by atoms with van der Waals surface area (Å²) in [5, 5.41) is 2.05. The van der Waals surface area contributed by atoms with Gasteiger partial charge in [0, 0.05) is 0 Å². The molecule has 0 radical (unpaired) electrons. The third kappa shape index (κ3) is 5.26. The average molecular weight is 457 g/mol. The van der Waals surface area contributed by atoms with Crippen LogP contribution in [-0.2, 0) is 4.79 Å². The number of carbonyl (C=O) groups excluding carboxylic acids is 2. The van der Waals surface area contributed by atoms with Gasteiger partial charge in [0.15, 0.2) is 6.61 Å². The first-order valence-corrected chi connectivity index (χ1v) is 10.0. The molecule has 0 aliphatic heterocycles. The molecule has 6 nitrogen and oxygen atoms in total. The second-order valence-electron chi connectivity index (χ2n) is 6.23. The molecule has 2 amide bonds. The van der Waals surface area contributed by atoms with Gasteiger partial charge in [-0.05, 0) is 51.3 Å². The third-order valence-electron chi connectivity index (χ3n) is 4.10. The fourth-order valence-electron chi connectivity index (χ4n) is 2.69. The number of fused-ring (bicyclic) bond motifs is 1. The highest BCUT2D eigenvalue weighted by molar-refractivity contribution is 9.10. The molecule has 0 aromatic heterocycles. The van der Waals surface area contributed by atoms with E-state index in [0.717, 1.165) is 21.7 Å². The van der Waals surface area contributed by atoms with Gasteiger partial charge in [0.05, 0.1) is 16.6 Å². The van der Waals surface area contributed by atoms with Crippen molar-refractivity contribution in [2.24, 2.45) is 0 Å². The molecule has 3 aromatic rings. The molecule has 0 spiro atoms. The van der Waals surface area contributed by atoms with Crippen molar-refractivity contribution in [1.29, 1.82) is 0 Å². The lowest BCUT2D eigenvalue weighted by molar-refractivity contribution is -0.123. The molecule has 0 saturated heterocycles. The van der Waals surface area contributed by atoms with Crippen LogP contribution in [0.25, 0.3) is 10.8 Å². The number of para-hydroxylation sites is 1. The minimum Gasteiger partial charge on any atom is -0.493 e. The molecule has 0 saturated carbocycles. The van der Waals surface area contributed by atoms with E-state index in [4.69, 9.17) is 9.47 Å². The summed E-state index contributed by atoms with van der Waals surface area (Å²) in [4.78, 5) is 24.4. The predicted molar refractivity (Wildman–Crippen MR) is 115 cm³/mol. The van der Waals surface area contributed by atoms with Gasteiger partial charge in [0.2, 0.25) is 0 Å². The van der Waals surface area contributed by atoms with Gasteiger partial charge < -0.3 is 9.47 Å². The van der Waals surface area contributed by atoms with Crippen molar-refractivity contribution in [3.63, 3.8) is 0 Å². The molecule has 0 heterocycles. The number of ether oxygens (including phenoxy) is 2. The van der Waals surface area contributed by atoms with Gasteiger partial charge in [-0.1, -0.05) is 49.4 Å². The van der Waals surface area contributed by atoms with Gasteiger partial charge >= 0.3 is 0 Å². The maximum Gasteiger partial charge on any atom is 0.276 e. The van der Waals surface area contributed by atoms with Crippen LogP contribution in [0.5, 0.6) is 11.5 Å². The van der Waals surface area contributed by atoms with Crippen LogP contribution in [0.1, 0.15) is 23.7 Å². The minimum atomic E-state index is -0.481. The van der Waals surface area contributed by atoms with Crippen LogP contribution in [-0.4, -0.2) is 25.0 Å². The molecule has 2 N–H and O–H groups in total. The summed E-state index contributed by atoms with van der Waals surface area (Å²) in [5.41, 5.74) is 5.09. The summed E-state index contributed by atoms with van der Waals surface area (Å²) in [6.07, 6.45) is 0.828. The lowest BCUT2D eigenvalue weighted by Crippen LogP contribution is -2.44. The molecular formula is C22H21BrN2O4. The topological polar surface area (TPSA) is 76.7 Å². The Morgan fingerprint density at radius 2 is 1.66 bits per heavy atom. The normalized spacial score (nSPS) is 10.4. The quantitative estimate of drug-likeness (QED) is 0.521. The van der Waals surface area contributed by atoms with Gasteiger partial charge in [-0.25, -0.2) is 0 Å². The number of halogens is 1. The molecule has 7 heteroatoms. The van der Waals surface area contributed by atoms with E-state index in [2.05, 4.69) is 26.8 Å². The Bertz CT molecular complexity index is 1020. The van der Waals surface area contributed by atoms with E-state index in [-0.39, 0.29) is 6.61 Å². The first-order chi connectivity index (χ1) is 14.1. The Morgan fingerprint density at radius 3 is 2.48 bits per heavy atom. The summed E-state index contributed by atoms with van der Waals surface area (Å²) < 4.78 is 11.9. The fourth-order valence-corrected chi connectivity index (χ4v) is 3.30. The molecule has 0 aliphatic carbocycles. The first-order valence-electron chi connectivity index (χ1n) is 9.21. The van der Waals surface area contributed by atoms with E-state index in [0.29, 0.717) is 23.7 Å². The summed E-state index contributed by atoms with van der Waals surface area (Å²) in [5.74, 6) is 0.0724. The zero-order valence-electron chi connectivity index (χ0n) is 15.9. The fraction of sp³-hybridized carbons (Fsp3) is 0.182. The number of amides is 2. The molecule has 29 heavy (non-hydrogen) atoms. The van der Waals surface area contributed by atoms with E-state index in [1.165, 1.54) is 0 Å². The highest BCUT2D eigenvalue weighted by atomic mass is 79.9. The van der Waals surface area contributed by atoms with Crippen LogP contribution >= 0.6 is 15.9 Å². The Kier molecular flexibility index (Phi) is 7.08. The van der Waals surface area contributed by atoms with Crippen molar-refractivity contribution in [2.45, 2.75) is 13.3 Å². The van der Waals surface area contributed by atoms with Gasteiger partial charge in [-0.3, -0.25) is 20.4 Å². The van der Waals surface area contributed by atoms with Gasteiger partial charge in [-0.2, -0.15) is 0 Å². The highest BCUT2D eigenvalue weighted by Crippen LogP contribution is 2.32. The van der Waals surface area contributed by atoms with Crippen LogP contribution in [0.2, 0.25) is 0 Å². The second-order valence-corrected chi connectivity index (χ2v) is 7.03. The highest BCUT2D eigenvalue weighted by Gasteiger charge is 2.14. The number of carbonyl (C=O) groups is 2. The summed E-state index contributed by atoms with van der Waals surface area (Å²) >= 11 is 3.51. The molecule has 0 unspecified atom stereocenters. The van der Waals surface area contributed by atoms with Crippen molar-refractivity contribution < 1.29 is 19.1 Å². The molecule has 3 aromatic carbocycles. The lowest BCUT2D eigenvalue weighted by atomic mass is 10.1. The van der Waals surface area contributed by atoms with E-state index in [1.54, 1.807) is 30.3 Å². The van der Waals surface area contributed by atoms with E-state index in [9.17, 15) is 9.59 Å². The van der Waals surface area contributed by atoms with E-state index >= 15 is 0 Å². The van der Waals surface area contributed by atoms with Crippen LogP contribution in [0, 0.1) is 0 Å². The zero-order valence-corrected chi connectivity index (χ0v) is 17.5. The third-order valence-corrected chi connectivity index (χ3v) is 4.91. The number of hydrazine groups is 1. The van der Waals surface area contributed by atoms with Crippen LogP contribution < -0.4 is 20.3 Å². The molecule has 0 atom stereocenters. The summed E-state index contributed by atoms with van der Waals surface area (Å²) in [6, 6.07) is 18.4. The van der Waals surface area contributed by atoms with Crippen molar-refractivity contribution in [1.82, 2.24) is 10.9 Å². The molecule has 0 fully saturated rings.